The average molecular weight is 421 g/mol. The first kappa shape index (κ1) is 25.2. The molecule has 0 spiro atoms. The van der Waals surface area contributed by atoms with Gasteiger partial charge in [-0.15, -0.1) is 23.2 Å². The molecule has 0 atom stereocenters. The summed E-state index contributed by atoms with van der Waals surface area (Å²) in [7, 11) is 0. The number of rotatable bonds is 16. The molecule has 6 heteroatoms. The maximum atomic E-state index is 11.9. The Hall–Kier alpha value is -1.87. The van der Waals surface area contributed by atoms with Crippen LogP contribution in [0.1, 0.15) is 103 Å². The van der Waals surface area contributed by atoms with Crippen LogP contribution in [0.15, 0.2) is 5.38 Å². The summed E-state index contributed by atoms with van der Waals surface area (Å²) in [5.74, 6) is 5.60. The van der Waals surface area contributed by atoms with Crippen molar-refractivity contribution in [3.05, 3.63) is 11.1 Å². The first-order chi connectivity index (χ1) is 14.1. The highest BCUT2D eigenvalue weighted by Gasteiger charge is 2.08. The Balaban J connectivity index is 1.93. The van der Waals surface area contributed by atoms with Crippen LogP contribution in [-0.4, -0.2) is 22.0 Å². The minimum absolute atomic E-state index is 0.0539. The highest BCUT2D eigenvalue weighted by molar-refractivity contribution is 7.13. The van der Waals surface area contributed by atoms with Crippen molar-refractivity contribution < 1.29 is 14.7 Å². The number of anilines is 1. The molecule has 0 aromatic carbocycles. The Labute approximate surface area is 179 Å². The van der Waals surface area contributed by atoms with Gasteiger partial charge in [-0.1, -0.05) is 58.3 Å². The number of carbonyl (C=O) groups excluding carboxylic acids is 1. The number of unbranched alkanes of at least 4 members (excludes halogenated alkanes) is 11. The minimum Gasteiger partial charge on any atom is -0.481 e. The fraction of sp³-hybridized carbons (Fsp3) is 0.696. The molecule has 0 unspecified atom stereocenters. The highest BCUT2D eigenvalue weighted by atomic mass is 32.1. The number of thiazole rings is 1. The number of aliphatic carboxylic acids is 1. The second-order valence-electron chi connectivity index (χ2n) is 7.40. The molecule has 0 aliphatic heterocycles. The fourth-order valence-electron chi connectivity index (χ4n) is 2.98. The maximum absolute atomic E-state index is 11.9. The van der Waals surface area contributed by atoms with Gasteiger partial charge in [0.2, 0.25) is 5.91 Å². The van der Waals surface area contributed by atoms with Gasteiger partial charge in [0.15, 0.2) is 5.13 Å². The number of aromatic nitrogens is 1. The molecule has 0 saturated heterocycles. The van der Waals surface area contributed by atoms with E-state index in [2.05, 4.69) is 29.1 Å². The number of nitrogens with one attached hydrogen (secondary N) is 1. The molecular weight excluding hydrogens is 384 g/mol. The summed E-state index contributed by atoms with van der Waals surface area (Å²) in [6.07, 6.45) is 15.7. The van der Waals surface area contributed by atoms with Crippen molar-refractivity contribution in [2.45, 2.75) is 103 Å². The Morgan fingerprint density at radius 2 is 1.55 bits per heavy atom. The van der Waals surface area contributed by atoms with Crippen molar-refractivity contribution in [2.24, 2.45) is 0 Å². The molecule has 0 aliphatic carbocycles. The molecule has 1 aromatic rings. The van der Waals surface area contributed by atoms with E-state index in [1.807, 2.05) is 0 Å². The van der Waals surface area contributed by atoms with Gasteiger partial charge in [0.25, 0.3) is 0 Å². The molecule has 0 aliphatic rings. The van der Waals surface area contributed by atoms with E-state index < -0.39 is 5.97 Å². The predicted molar refractivity (Wildman–Crippen MR) is 120 cm³/mol. The number of carboxylic acid groups (broad SMARTS) is 1. The maximum Gasteiger partial charge on any atom is 0.309 e. The molecule has 1 aromatic heterocycles. The van der Waals surface area contributed by atoms with Gasteiger partial charge in [0, 0.05) is 24.6 Å². The van der Waals surface area contributed by atoms with Crippen LogP contribution in [0.2, 0.25) is 0 Å². The molecule has 1 rings (SSSR count). The van der Waals surface area contributed by atoms with Crippen LogP contribution >= 0.6 is 11.3 Å². The van der Waals surface area contributed by atoms with Crippen molar-refractivity contribution in [2.75, 3.05) is 5.32 Å². The third-order valence-electron chi connectivity index (χ3n) is 4.62. The van der Waals surface area contributed by atoms with E-state index in [0.717, 1.165) is 38.5 Å². The second kappa shape index (κ2) is 17.0. The van der Waals surface area contributed by atoms with Crippen molar-refractivity contribution >= 4 is 28.3 Å². The summed E-state index contributed by atoms with van der Waals surface area (Å²) in [6, 6.07) is 0. The molecule has 1 amide bonds. The van der Waals surface area contributed by atoms with Gasteiger partial charge < -0.3 is 10.4 Å². The van der Waals surface area contributed by atoms with Crippen molar-refractivity contribution in [1.82, 2.24) is 4.98 Å². The number of amides is 1. The van der Waals surface area contributed by atoms with Gasteiger partial charge in [-0.2, -0.15) is 0 Å². The van der Waals surface area contributed by atoms with E-state index in [1.54, 1.807) is 5.38 Å². The number of carbonyl (C=O) groups is 2. The van der Waals surface area contributed by atoms with Gasteiger partial charge in [-0.3, -0.25) is 9.59 Å². The van der Waals surface area contributed by atoms with Crippen molar-refractivity contribution in [1.29, 1.82) is 0 Å². The lowest BCUT2D eigenvalue weighted by Gasteiger charge is -2.02. The molecule has 0 bridgehead atoms. The van der Waals surface area contributed by atoms with Gasteiger partial charge >= 0.3 is 5.97 Å². The van der Waals surface area contributed by atoms with Crippen LogP contribution in [-0.2, 0) is 16.0 Å². The van der Waals surface area contributed by atoms with Gasteiger partial charge in [-0.25, -0.2) is 4.98 Å². The van der Waals surface area contributed by atoms with Gasteiger partial charge in [0.05, 0.1) is 12.1 Å². The van der Waals surface area contributed by atoms with Crippen molar-refractivity contribution in [3.63, 3.8) is 0 Å². The summed E-state index contributed by atoms with van der Waals surface area (Å²) in [5.41, 5.74) is 0.480. The summed E-state index contributed by atoms with van der Waals surface area (Å²) in [5, 5.41) is 13.6. The lowest BCUT2D eigenvalue weighted by molar-refractivity contribution is -0.136. The normalized spacial score (nSPS) is 10.4. The summed E-state index contributed by atoms with van der Waals surface area (Å²) in [6.45, 7) is 2.24. The topological polar surface area (TPSA) is 79.3 Å². The Bertz CT molecular complexity index is 646. The Morgan fingerprint density at radius 3 is 2.17 bits per heavy atom. The number of hydrogen-bond donors (Lipinski definition) is 2. The zero-order valence-corrected chi connectivity index (χ0v) is 18.6. The third kappa shape index (κ3) is 14.7. The molecule has 29 heavy (non-hydrogen) atoms. The number of carboxylic acids is 1. The molecule has 1 heterocycles. The molecule has 0 saturated carbocycles. The fourth-order valence-corrected chi connectivity index (χ4v) is 3.71. The van der Waals surface area contributed by atoms with Crippen LogP contribution in [0.25, 0.3) is 0 Å². The monoisotopic (exact) mass is 420 g/mol. The van der Waals surface area contributed by atoms with Crippen LogP contribution < -0.4 is 5.32 Å². The second-order valence-corrected chi connectivity index (χ2v) is 8.26. The van der Waals surface area contributed by atoms with Gasteiger partial charge in [-0.05, 0) is 19.3 Å². The summed E-state index contributed by atoms with van der Waals surface area (Å²) < 4.78 is 0. The zero-order valence-electron chi connectivity index (χ0n) is 17.8. The SMILES string of the molecule is CCCCCCCCC#CCCCCCCCC(=O)Nc1nc(CC(=O)O)cs1. The van der Waals surface area contributed by atoms with E-state index >= 15 is 0 Å². The van der Waals surface area contributed by atoms with Crippen molar-refractivity contribution in [3.8, 4) is 11.8 Å². The molecule has 162 valence electrons. The van der Waals surface area contributed by atoms with E-state index in [0.29, 0.717) is 17.2 Å². The quantitative estimate of drug-likeness (QED) is 0.247. The van der Waals surface area contributed by atoms with Crippen LogP contribution in [0, 0.1) is 11.8 Å². The van der Waals surface area contributed by atoms with Crippen LogP contribution in [0.5, 0.6) is 0 Å². The van der Waals surface area contributed by atoms with E-state index in [1.165, 1.54) is 56.3 Å². The Morgan fingerprint density at radius 1 is 0.966 bits per heavy atom. The Kier molecular flexibility index (Phi) is 14.8. The molecule has 5 nitrogen and oxygen atoms in total. The lowest BCUT2D eigenvalue weighted by atomic mass is 10.1. The summed E-state index contributed by atoms with van der Waals surface area (Å²) in [4.78, 5) is 26.6. The van der Waals surface area contributed by atoms with Crippen LogP contribution in [0.3, 0.4) is 0 Å². The molecule has 0 radical (unpaired) electrons. The average Bonchev–Trinajstić information content (AvgIpc) is 3.10. The first-order valence-electron chi connectivity index (χ1n) is 11.0. The molecule has 2 N–H and O–H groups in total. The zero-order chi connectivity index (χ0) is 21.2. The third-order valence-corrected chi connectivity index (χ3v) is 5.42. The molecular formula is C23H36N2O3S. The first-order valence-corrected chi connectivity index (χ1v) is 11.9. The number of hydrogen-bond acceptors (Lipinski definition) is 4. The van der Waals surface area contributed by atoms with Gasteiger partial charge in [0.1, 0.15) is 0 Å². The smallest absolute Gasteiger partial charge is 0.309 e. The molecule has 0 fully saturated rings. The van der Waals surface area contributed by atoms with E-state index in [9.17, 15) is 9.59 Å². The summed E-state index contributed by atoms with van der Waals surface area (Å²) >= 11 is 1.26. The lowest BCUT2D eigenvalue weighted by Crippen LogP contribution is -2.11. The van der Waals surface area contributed by atoms with E-state index in [4.69, 9.17) is 5.11 Å². The largest absolute Gasteiger partial charge is 0.481 e. The standard InChI is InChI=1S/C23H36N2O3S/c1-2-3-4-5-6-7-8-9-10-11-12-13-14-15-16-17-21(26)25-23-24-20(19-29-23)18-22(27)28/h19H,2-8,11-18H2,1H3,(H,27,28)(H,24,25,26). The minimum atomic E-state index is -0.919. The van der Waals surface area contributed by atoms with E-state index in [-0.39, 0.29) is 12.3 Å². The predicted octanol–water partition coefficient (Wildman–Crippen LogP) is 6.19. The number of nitrogens with zero attached hydrogens (tertiary/aromatic N) is 1. The highest BCUT2D eigenvalue weighted by Crippen LogP contribution is 2.16. The van der Waals surface area contributed by atoms with Crippen LogP contribution in [0.4, 0.5) is 5.13 Å².